The highest BCUT2D eigenvalue weighted by atomic mass is 32.1. The minimum atomic E-state index is 0.167. The lowest BCUT2D eigenvalue weighted by molar-refractivity contribution is -0.117. The van der Waals surface area contributed by atoms with Gasteiger partial charge in [0.25, 0.3) is 0 Å². The fourth-order valence-electron chi connectivity index (χ4n) is 2.25. The minimum Gasteiger partial charge on any atom is -0.492 e. The molecule has 3 nitrogen and oxygen atoms in total. The molecule has 4 heteroatoms. The number of thiol groups is 1. The monoisotopic (exact) mass is 265 g/mol. The summed E-state index contributed by atoms with van der Waals surface area (Å²) in [4.78, 5) is 13.9. The van der Waals surface area contributed by atoms with Crippen molar-refractivity contribution in [2.24, 2.45) is 5.92 Å². The van der Waals surface area contributed by atoms with Gasteiger partial charge in [-0.05, 0) is 43.2 Å². The summed E-state index contributed by atoms with van der Waals surface area (Å²) in [5.41, 5.74) is 2.03. The van der Waals surface area contributed by atoms with E-state index >= 15 is 0 Å². The van der Waals surface area contributed by atoms with Crippen LogP contribution in [0.15, 0.2) is 18.2 Å². The Morgan fingerprint density at radius 2 is 2.28 bits per heavy atom. The smallest absolute Gasteiger partial charge is 0.227 e. The number of amides is 1. The molecule has 0 radical (unpaired) electrons. The van der Waals surface area contributed by atoms with Crippen LogP contribution < -0.4 is 9.64 Å². The molecule has 1 aliphatic rings. The summed E-state index contributed by atoms with van der Waals surface area (Å²) in [5, 5.41) is 0. The van der Waals surface area contributed by atoms with Crippen molar-refractivity contribution in [1.82, 2.24) is 0 Å². The van der Waals surface area contributed by atoms with Crippen molar-refractivity contribution in [3.63, 3.8) is 0 Å². The van der Waals surface area contributed by atoms with Crippen LogP contribution >= 0.6 is 12.6 Å². The molecule has 1 aromatic carbocycles. The van der Waals surface area contributed by atoms with Gasteiger partial charge in [-0.1, -0.05) is 6.07 Å². The number of aryl methyl sites for hydroxylation is 1. The molecule has 0 spiro atoms. The molecule has 1 atom stereocenters. The second kappa shape index (κ2) is 5.65. The molecule has 18 heavy (non-hydrogen) atoms. The van der Waals surface area contributed by atoms with E-state index in [0.717, 1.165) is 29.3 Å². The van der Waals surface area contributed by atoms with E-state index in [0.29, 0.717) is 18.9 Å². The topological polar surface area (TPSA) is 29.5 Å². The van der Waals surface area contributed by atoms with Crippen LogP contribution in [-0.2, 0) is 4.79 Å². The number of benzene rings is 1. The largest absolute Gasteiger partial charge is 0.492 e. The summed E-state index contributed by atoms with van der Waals surface area (Å²) in [7, 11) is 0. The fourth-order valence-corrected chi connectivity index (χ4v) is 2.50. The summed E-state index contributed by atoms with van der Waals surface area (Å²) in [5.74, 6) is 2.05. The molecule has 1 heterocycles. The lowest BCUT2D eigenvalue weighted by Crippen LogP contribution is -2.25. The molecule has 2 rings (SSSR count). The van der Waals surface area contributed by atoms with Crippen LogP contribution in [0.25, 0.3) is 0 Å². The molecule has 0 saturated carbocycles. The quantitative estimate of drug-likeness (QED) is 0.848. The van der Waals surface area contributed by atoms with Gasteiger partial charge in [-0.15, -0.1) is 0 Å². The lowest BCUT2D eigenvalue weighted by Gasteiger charge is -2.20. The zero-order chi connectivity index (χ0) is 13.1. The number of carbonyl (C=O) groups excluding carboxylic acids is 1. The summed E-state index contributed by atoms with van der Waals surface area (Å²) in [6, 6.07) is 5.96. The van der Waals surface area contributed by atoms with Gasteiger partial charge in [0.1, 0.15) is 5.75 Å². The second-order valence-corrected chi connectivity index (χ2v) is 5.03. The third-order valence-corrected chi connectivity index (χ3v) is 3.68. The van der Waals surface area contributed by atoms with Crippen molar-refractivity contribution in [2.75, 3.05) is 23.8 Å². The number of anilines is 1. The maximum atomic E-state index is 12.0. The van der Waals surface area contributed by atoms with Crippen LogP contribution in [0.3, 0.4) is 0 Å². The van der Waals surface area contributed by atoms with E-state index in [-0.39, 0.29) is 5.91 Å². The standard InChI is InChI=1S/C14H19NO2S/c1-3-17-13-5-4-10(2)6-12(13)15-8-11(9-18)7-14(15)16/h4-6,11,18H,3,7-9H2,1-2H3. The van der Waals surface area contributed by atoms with Crippen LogP contribution in [0.2, 0.25) is 0 Å². The van der Waals surface area contributed by atoms with E-state index in [4.69, 9.17) is 4.74 Å². The van der Waals surface area contributed by atoms with Gasteiger partial charge in [-0.2, -0.15) is 12.6 Å². The van der Waals surface area contributed by atoms with Crippen molar-refractivity contribution in [2.45, 2.75) is 20.3 Å². The average Bonchev–Trinajstić information content (AvgIpc) is 2.73. The van der Waals surface area contributed by atoms with Crippen LogP contribution in [0.5, 0.6) is 5.75 Å². The Bertz CT molecular complexity index is 447. The van der Waals surface area contributed by atoms with Crippen molar-refractivity contribution in [3.05, 3.63) is 23.8 Å². The lowest BCUT2D eigenvalue weighted by atomic mass is 10.1. The molecule has 1 aromatic rings. The van der Waals surface area contributed by atoms with Crippen LogP contribution in [0.4, 0.5) is 5.69 Å². The highest BCUT2D eigenvalue weighted by Crippen LogP contribution is 2.34. The molecule has 0 aliphatic carbocycles. The second-order valence-electron chi connectivity index (χ2n) is 4.66. The van der Waals surface area contributed by atoms with Gasteiger partial charge in [0.15, 0.2) is 0 Å². The van der Waals surface area contributed by atoms with Crippen molar-refractivity contribution < 1.29 is 9.53 Å². The number of rotatable bonds is 4. The van der Waals surface area contributed by atoms with Gasteiger partial charge in [0, 0.05) is 13.0 Å². The Morgan fingerprint density at radius 1 is 1.50 bits per heavy atom. The first-order valence-electron chi connectivity index (χ1n) is 6.30. The van der Waals surface area contributed by atoms with Gasteiger partial charge in [-0.25, -0.2) is 0 Å². The van der Waals surface area contributed by atoms with Crippen LogP contribution in [0.1, 0.15) is 18.9 Å². The van der Waals surface area contributed by atoms with Gasteiger partial charge >= 0.3 is 0 Å². The predicted octanol–water partition coefficient (Wildman–Crippen LogP) is 2.68. The number of ether oxygens (including phenoxy) is 1. The molecule has 1 fully saturated rings. The Labute approximate surface area is 114 Å². The first-order chi connectivity index (χ1) is 8.65. The first-order valence-corrected chi connectivity index (χ1v) is 6.93. The normalized spacial score (nSPS) is 19.4. The van der Waals surface area contributed by atoms with Gasteiger partial charge in [0.2, 0.25) is 5.91 Å². The highest BCUT2D eigenvalue weighted by Gasteiger charge is 2.31. The molecule has 1 unspecified atom stereocenters. The first kappa shape index (κ1) is 13.3. The maximum absolute atomic E-state index is 12.0. The summed E-state index contributed by atoms with van der Waals surface area (Å²) in [6.45, 7) is 5.32. The fraction of sp³-hybridized carbons (Fsp3) is 0.500. The molecule has 0 N–H and O–H groups in total. The molecule has 1 amide bonds. The molecule has 0 aromatic heterocycles. The number of hydrogen-bond acceptors (Lipinski definition) is 3. The van der Waals surface area contributed by atoms with Gasteiger partial charge in [0.05, 0.1) is 12.3 Å². The average molecular weight is 265 g/mol. The number of hydrogen-bond donors (Lipinski definition) is 1. The number of carbonyl (C=O) groups is 1. The minimum absolute atomic E-state index is 0.167. The van der Waals surface area contributed by atoms with Crippen LogP contribution in [0, 0.1) is 12.8 Å². The summed E-state index contributed by atoms with van der Waals surface area (Å²) >= 11 is 4.29. The molecule has 1 saturated heterocycles. The molecular formula is C14H19NO2S. The van der Waals surface area contributed by atoms with Gasteiger partial charge < -0.3 is 9.64 Å². The zero-order valence-corrected chi connectivity index (χ0v) is 11.7. The third-order valence-electron chi connectivity index (χ3n) is 3.17. The molecule has 1 aliphatic heterocycles. The Kier molecular flexibility index (Phi) is 4.17. The Balaban J connectivity index is 2.31. The summed E-state index contributed by atoms with van der Waals surface area (Å²) in [6.07, 6.45) is 0.586. The van der Waals surface area contributed by atoms with Crippen molar-refractivity contribution in [1.29, 1.82) is 0 Å². The van der Waals surface area contributed by atoms with E-state index in [2.05, 4.69) is 12.6 Å². The van der Waals surface area contributed by atoms with E-state index < -0.39 is 0 Å². The van der Waals surface area contributed by atoms with E-state index in [9.17, 15) is 4.79 Å². The van der Waals surface area contributed by atoms with E-state index in [1.165, 1.54) is 0 Å². The molecule has 98 valence electrons. The third kappa shape index (κ3) is 2.64. The summed E-state index contributed by atoms with van der Waals surface area (Å²) < 4.78 is 5.61. The van der Waals surface area contributed by atoms with E-state index in [1.807, 2.05) is 36.9 Å². The van der Waals surface area contributed by atoms with Gasteiger partial charge in [-0.3, -0.25) is 4.79 Å². The molecule has 0 bridgehead atoms. The Hall–Kier alpha value is -1.16. The number of nitrogens with zero attached hydrogens (tertiary/aromatic N) is 1. The van der Waals surface area contributed by atoms with E-state index in [1.54, 1.807) is 0 Å². The SMILES string of the molecule is CCOc1ccc(C)cc1N1CC(CS)CC1=O. The zero-order valence-electron chi connectivity index (χ0n) is 10.8. The highest BCUT2D eigenvalue weighted by molar-refractivity contribution is 7.80. The van der Waals surface area contributed by atoms with Crippen molar-refractivity contribution in [3.8, 4) is 5.75 Å². The van der Waals surface area contributed by atoms with Crippen LogP contribution in [-0.4, -0.2) is 24.8 Å². The van der Waals surface area contributed by atoms with Crippen molar-refractivity contribution >= 4 is 24.2 Å². The predicted molar refractivity (Wildman–Crippen MR) is 76.7 cm³/mol. The molecular weight excluding hydrogens is 246 g/mol. The Morgan fingerprint density at radius 3 is 2.89 bits per heavy atom. The maximum Gasteiger partial charge on any atom is 0.227 e.